The van der Waals surface area contributed by atoms with Gasteiger partial charge in [-0.15, -0.1) is 0 Å². The van der Waals surface area contributed by atoms with Crippen molar-refractivity contribution in [3.05, 3.63) is 52.5 Å². The van der Waals surface area contributed by atoms with E-state index in [1.165, 1.54) is 11.3 Å². The van der Waals surface area contributed by atoms with Crippen LogP contribution in [0.3, 0.4) is 0 Å². The number of thiazole rings is 1. The van der Waals surface area contributed by atoms with Crippen LogP contribution in [0.25, 0.3) is 10.2 Å². The molecule has 4 nitrogen and oxygen atoms in total. The third kappa shape index (κ3) is 2.66. The molecule has 0 bridgehead atoms. The molecule has 0 atom stereocenters. The fraction of sp³-hybridized carbons (Fsp3) is 0. The van der Waals surface area contributed by atoms with Crippen LogP contribution in [0.2, 0.25) is 5.02 Å². The van der Waals surface area contributed by atoms with Gasteiger partial charge in [-0.25, -0.2) is 4.98 Å². The van der Waals surface area contributed by atoms with E-state index in [9.17, 15) is 0 Å². The van der Waals surface area contributed by atoms with Gasteiger partial charge in [0.1, 0.15) is 12.1 Å². The fourth-order valence-electron chi connectivity index (χ4n) is 1.89. The highest BCUT2D eigenvalue weighted by molar-refractivity contribution is 7.22. The van der Waals surface area contributed by atoms with Crippen molar-refractivity contribution < 1.29 is 0 Å². The summed E-state index contributed by atoms with van der Waals surface area (Å²) in [5.74, 6) is 0. The summed E-state index contributed by atoms with van der Waals surface area (Å²) in [4.78, 5) is 4.44. The fourth-order valence-corrected chi connectivity index (χ4v) is 2.92. The normalized spacial score (nSPS) is 10.0. The minimum absolute atomic E-state index is 0.339. The van der Waals surface area contributed by atoms with E-state index in [2.05, 4.69) is 10.3 Å². The number of rotatable bonds is 2. The summed E-state index contributed by atoms with van der Waals surface area (Å²) in [5.41, 5.74) is 2.24. The highest BCUT2D eigenvalue weighted by atomic mass is 35.5. The van der Waals surface area contributed by atoms with Crippen LogP contribution in [0.15, 0.2) is 36.4 Å². The van der Waals surface area contributed by atoms with Crippen molar-refractivity contribution in [1.29, 1.82) is 10.5 Å². The number of aromatic nitrogens is 1. The maximum Gasteiger partial charge on any atom is 0.188 e. The summed E-state index contributed by atoms with van der Waals surface area (Å²) < 4.78 is 1.02. The van der Waals surface area contributed by atoms with E-state index in [-0.39, 0.29) is 0 Å². The van der Waals surface area contributed by atoms with Crippen LogP contribution >= 0.6 is 22.9 Å². The summed E-state index contributed by atoms with van der Waals surface area (Å²) in [6.45, 7) is 0. The first-order valence-corrected chi connectivity index (χ1v) is 7.16. The van der Waals surface area contributed by atoms with Crippen molar-refractivity contribution in [3.8, 4) is 12.1 Å². The summed E-state index contributed by atoms with van der Waals surface area (Å²) >= 11 is 7.43. The number of fused-ring (bicyclic) bond motifs is 1. The Morgan fingerprint density at radius 2 is 1.86 bits per heavy atom. The van der Waals surface area contributed by atoms with E-state index in [1.807, 2.05) is 24.3 Å². The van der Waals surface area contributed by atoms with Gasteiger partial charge in [0.25, 0.3) is 0 Å². The Kier molecular flexibility index (Phi) is 3.45. The van der Waals surface area contributed by atoms with Crippen molar-refractivity contribution in [1.82, 2.24) is 4.98 Å². The molecule has 0 spiro atoms. The zero-order valence-corrected chi connectivity index (χ0v) is 12.2. The van der Waals surface area contributed by atoms with Gasteiger partial charge < -0.3 is 5.32 Å². The topological polar surface area (TPSA) is 72.5 Å². The molecule has 0 saturated heterocycles. The molecule has 0 radical (unpaired) electrons. The second-order valence-electron chi connectivity index (χ2n) is 4.24. The monoisotopic (exact) mass is 310 g/mol. The predicted octanol–water partition coefficient (Wildman–Crippen LogP) is 4.44. The predicted molar refractivity (Wildman–Crippen MR) is 83.8 cm³/mol. The summed E-state index contributed by atoms with van der Waals surface area (Å²) in [7, 11) is 0. The van der Waals surface area contributed by atoms with Crippen LogP contribution in [-0.4, -0.2) is 4.98 Å². The molecular weight excluding hydrogens is 304 g/mol. The highest BCUT2D eigenvalue weighted by Crippen LogP contribution is 2.30. The molecule has 0 amide bonds. The van der Waals surface area contributed by atoms with Gasteiger partial charge in [-0.2, -0.15) is 10.5 Å². The number of benzene rings is 2. The molecule has 6 heteroatoms. The van der Waals surface area contributed by atoms with E-state index in [0.717, 1.165) is 15.9 Å². The number of nitrogens with zero attached hydrogens (tertiary/aromatic N) is 3. The van der Waals surface area contributed by atoms with Crippen LogP contribution in [0.1, 0.15) is 11.1 Å². The molecule has 100 valence electrons. The molecule has 3 aromatic rings. The summed E-state index contributed by atoms with van der Waals surface area (Å²) in [6, 6.07) is 14.5. The van der Waals surface area contributed by atoms with Crippen molar-refractivity contribution >= 4 is 44.0 Å². The first-order valence-electron chi connectivity index (χ1n) is 5.97. The Labute approximate surface area is 129 Å². The van der Waals surface area contributed by atoms with Gasteiger partial charge in [0.15, 0.2) is 5.13 Å². The van der Waals surface area contributed by atoms with E-state index in [0.29, 0.717) is 21.3 Å². The molecule has 2 aromatic carbocycles. The molecule has 0 fully saturated rings. The first-order chi connectivity index (χ1) is 10.2. The van der Waals surface area contributed by atoms with Gasteiger partial charge in [0, 0.05) is 10.7 Å². The number of anilines is 2. The molecule has 1 aromatic heterocycles. The molecule has 21 heavy (non-hydrogen) atoms. The zero-order chi connectivity index (χ0) is 14.8. The van der Waals surface area contributed by atoms with Crippen LogP contribution in [0.4, 0.5) is 10.8 Å². The smallest absolute Gasteiger partial charge is 0.188 e. The summed E-state index contributed by atoms with van der Waals surface area (Å²) in [6.07, 6.45) is 0. The van der Waals surface area contributed by atoms with Crippen molar-refractivity contribution in [2.75, 3.05) is 5.32 Å². The number of halogens is 1. The lowest BCUT2D eigenvalue weighted by Gasteiger charge is -2.03. The lowest BCUT2D eigenvalue weighted by Crippen LogP contribution is -1.91. The molecule has 3 rings (SSSR count). The minimum Gasteiger partial charge on any atom is -0.331 e. The van der Waals surface area contributed by atoms with Gasteiger partial charge in [0.2, 0.25) is 0 Å². The third-order valence-corrected chi connectivity index (χ3v) is 4.05. The third-order valence-electron chi connectivity index (χ3n) is 2.86. The standard InChI is InChI=1S/C15H7ClN4S/c16-11-2-4-14-13(6-11)20-15(21-14)19-12-3-1-9(7-17)10(5-12)8-18/h1-6H,(H,19,20). The van der Waals surface area contributed by atoms with Crippen molar-refractivity contribution in [3.63, 3.8) is 0 Å². The second kappa shape index (κ2) is 5.41. The Bertz CT molecular complexity index is 918. The maximum absolute atomic E-state index is 9.03. The van der Waals surface area contributed by atoms with E-state index < -0.39 is 0 Å². The van der Waals surface area contributed by atoms with Crippen LogP contribution in [-0.2, 0) is 0 Å². The SMILES string of the molecule is N#Cc1ccc(Nc2nc3cc(Cl)ccc3s2)cc1C#N. The molecule has 0 aliphatic heterocycles. The van der Waals surface area contributed by atoms with E-state index >= 15 is 0 Å². The lowest BCUT2D eigenvalue weighted by molar-refractivity contribution is 1.41. The average Bonchev–Trinajstić information content (AvgIpc) is 2.88. The molecule has 0 saturated carbocycles. The van der Waals surface area contributed by atoms with Crippen LogP contribution < -0.4 is 5.32 Å². The average molecular weight is 311 g/mol. The molecule has 0 unspecified atom stereocenters. The molecule has 1 N–H and O–H groups in total. The maximum atomic E-state index is 9.03. The Morgan fingerprint density at radius 3 is 2.62 bits per heavy atom. The Balaban J connectivity index is 1.95. The van der Waals surface area contributed by atoms with E-state index in [1.54, 1.807) is 24.3 Å². The second-order valence-corrected chi connectivity index (χ2v) is 5.71. The number of nitrogens with one attached hydrogen (secondary N) is 1. The Hall–Kier alpha value is -2.60. The van der Waals surface area contributed by atoms with Gasteiger partial charge in [0.05, 0.1) is 21.3 Å². The first kappa shape index (κ1) is 13.4. The molecule has 1 heterocycles. The number of hydrogen-bond donors (Lipinski definition) is 1. The molecule has 0 aliphatic carbocycles. The van der Waals surface area contributed by atoms with Crippen molar-refractivity contribution in [2.45, 2.75) is 0 Å². The van der Waals surface area contributed by atoms with Gasteiger partial charge >= 0.3 is 0 Å². The molecular formula is C15H7ClN4S. The quantitative estimate of drug-likeness (QED) is 0.759. The van der Waals surface area contributed by atoms with Crippen LogP contribution in [0.5, 0.6) is 0 Å². The largest absolute Gasteiger partial charge is 0.331 e. The van der Waals surface area contributed by atoms with Crippen molar-refractivity contribution in [2.24, 2.45) is 0 Å². The zero-order valence-electron chi connectivity index (χ0n) is 10.6. The number of nitriles is 2. The van der Waals surface area contributed by atoms with Gasteiger partial charge in [-0.05, 0) is 36.4 Å². The van der Waals surface area contributed by atoms with Gasteiger partial charge in [-0.1, -0.05) is 22.9 Å². The van der Waals surface area contributed by atoms with Gasteiger partial charge in [-0.3, -0.25) is 0 Å². The number of hydrogen-bond acceptors (Lipinski definition) is 5. The minimum atomic E-state index is 0.339. The lowest BCUT2D eigenvalue weighted by atomic mass is 10.1. The Morgan fingerprint density at radius 1 is 1.05 bits per heavy atom. The highest BCUT2D eigenvalue weighted by Gasteiger charge is 2.07. The summed E-state index contributed by atoms with van der Waals surface area (Å²) in [5, 5.41) is 22.4. The van der Waals surface area contributed by atoms with E-state index in [4.69, 9.17) is 22.1 Å². The molecule has 0 aliphatic rings. The van der Waals surface area contributed by atoms with Crippen LogP contribution in [0, 0.1) is 22.7 Å².